The van der Waals surface area contributed by atoms with Gasteiger partial charge < -0.3 is 0 Å². The number of hydrogen-bond donors (Lipinski definition) is 0. The Morgan fingerprint density at radius 3 is 1.79 bits per heavy atom. The minimum atomic E-state index is 1.21. The Balaban J connectivity index is -0.000000203. The van der Waals surface area contributed by atoms with Crippen LogP contribution < -0.4 is 0 Å². The second kappa shape index (κ2) is 21.8. The van der Waals surface area contributed by atoms with Crippen molar-refractivity contribution in [2.24, 2.45) is 4.99 Å². The molecule has 0 N–H and O–H groups in total. The second-order valence-electron chi connectivity index (χ2n) is 3.65. The molecule has 0 saturated heterocycles. The maximum atomic E-state index is 3.85. The molecule has 0 fully saturated rings. The van der Waals surface area contributed by atoms with E-state index in [2.05, 4.69) is 23.8 Å². The highest BCUT2D eigenvalue weighted by molar-refractivity contribution is 5.77. The summed E-state index contributed by atoms with van der Waals surface area (Å²) in [5, 5.41) is 0. The summed E-state index contributed by atoms with van der Waals surface area (Å²) in [6.45, 7) is 14.3. The molecule has 2 nitrogen and oxygen atoms in total. The van der Waals surface area contributed by atoms with Crippen molar-refractivity contribution in [1.82, 2.24) is 4.98 Å². The Kier molecular flexibility index (Phi) is 26.1. The minimum absolute atomic E-state index is 1.21. The van der Waals surface area contributed by atoms with Crippen molar-refractivity contribution < 1.29 is 0 Å². The van der Waals surface area contributed by atoms with Crippen LogP contribution in [0.15, 0.2) is 41.2 Å². The van der Waals surface area contributed by atoms with Crippen LogP contribution in [-0.4, -0.2) is 18.2 Å². The standard InChI is InChI=1S/C6H7N.C6H11N.C3H8.C2H6/c1-6-2-4-7-5-3-6;1-4-6(2)5-7-3;1-3-2;1-2/h2-5H,1H3;4-5H,1-3H3;3H2,1-2H3;1-2H3/b;6-4-,7-5?;;. The molecule has 0 amide bonds. The molecule has 0 aromatic carbocycles. The molecule has 1 aromatic rings. The fraction of sp³-hybridized carbons (Fsp3) is 0.529. The van der Waals surface area contributed by atoms with Crippen LogP contribution in [0.5, 0.6) is 0 Å². The Morgan fingerprint density at radius 1 is 1.21 bits per heavy atom. The first-order valence-electron chi connectivity index (χ1n) is 7.03. The van der Waals surface area contributed by atoms with Crippen LogP contribution in [0.1, 0.15) is 53.5 Å². The lowest BCUT2D eigenvalue weighted by Gasteiger charge is -1.82. The molecule has 0 radical (unpaired) electrons. The molecule has 110 valence electrons. The fourth-order valence-electron chi connectivity index (χ4n) is 0.705. The molecule has 0 aliphatic rings. The zero-order chi connectivity index (χ0) is 15.5. The quantitative estimate of drug-likeness (QED) is 0.616. The number of aromatic nitrogens is 1. The third-order valence-electron chi connectivity index (χ3n) is 1.64. The molecular weight excluding hydrogens is 232 g/mol. The third-order valence-corrected chi connectivity index (χ3v) is 1.64. The highest BCUT2D eigenvalue weighted by Gasteiger charge is 1.73. The Labute approximate surface area is 120 Å². The van der Waals surface area contributed by atoms with Crippen LogP contribution in [0.4, 0.5) is 0 Å². The van der Waals surface area contributed by atoms with E-state index in [1.165, 1.54) is 17.6 Å². The molecule has 1 heterocycles. The SMILES string of the molecule is C/C=C(/C)C=NC.CC.CCC.Cc1ccncc1. The van der Waals surface area contributed by atoms with Crippen molar-refractivity contribution >= 4 is 6.21 Å². The van der Waals surface area contributed by atoms with E-state index < -0.39 is 0 Å². The van der Waals surface area contributed by atoms with Gasteiger partial charge in [-0.05, 0) is 44.0 Å². The molecule has 2 heteroatoms. The van der Waals surface area contributed by atoms with Crippen LogP contribution >= 0.6 is 0 Å². The molecule has 0 aliphatic carbocycles. The van der Waals surface area contributed by atoms with E-state index in [-0.39, 0.29) is 0 Å². The van der Waals surface area contributed by atoms with E-state index in [0.29, 0.717) is 0 Å². The number of allylic oxidation sites excluding steroid dienone is 2. The molecule has 0 spiro atoms. The highest BCUT2D eigenvalue weighted by Crippen LogP contribution is 1.88. The number of aryl methyl sites for hydroxylation is 1. The summed E-state index contributed by atoms with van der Waals surface area (Å²) in [5.41, 5.74) is 2.47. The zero-order valence-electron chi connectivity index (χ0n) is 14.1. The average molecular weight is 264 g/mol. The van der Waals surface area contributed by atoms with Crippen molar-refractivity contribution in [3.63, 3.8) is 0 Å². The van der Waals surface area contributed by atoms with Gasteiger partial charge in [0, 0.05) is 25.7 Å². The molecule has 1 rings (SSSR count). The first-order chi connectivity index (χ1) is 9.12. The Bertz CT molecular complexity index is 300. The largest absolute Gasteiger partial charge is 0.296 e. The summed E-state index contributed by atoms with van der Waals surface area (Å²) in [5.74, 6) is 0. The predicted molar refractivity (Wildman–Crippen MR) is 90.1 cm³/mol. The summed E-state index contributed by atoms with van der Waals surface area (Å²) in [7, 11) is 1.77. The number of rotatable bonds is 1. The summed E-state index contributed by atoms with van der Waals surface area (Å²) in [6, 6.07) is 3.94. The molecule has 0 atom stereocenters. The van der Waals surface area contributed by atoms with E-state index in [0.717, 1.165) is 0 Å². The summed E-state index contributed by atoms with van der Waals surface area (Å²) < 4.78 is 0. The average Bonchev–Trinajstić information content (AvgIpc) is 2.44. The molecule has 0 bridgehead atoms. The van der Waals surface area contributed by atoms with E-state index in [4.69, 9.17) is 0 Å². The number of pyridine rings is 1. The van der Waals surface area contributed by atoms with Gasteiger partial charge in [0.25, 0.3) is 0 Å². The maximum absolute atomic E-state index is 3.85. The lowest BCUT2D eigenvalue weighted by Crippen LogP contribution is -1.72. The zero-order valence-corrected chi connectivity index (χ0v) is 14.1. The monoisotopic (exact) mass is 264 g/mol. The normalized spacial score (nSPS) is 9.37. The Morgan fingerprint density at radius 2 is 1.63 bits per heavy atom. The van der Waals surface area contributed by atoms with Gasteiger partial charge in [-0.3, -0.25) is 9.98 Å². The van der Waals surface area contributed by atoms with Crippen LogP contribution in [0.2, 0.25) is 0 Å². The molecule has 0 saturated carbocycles. The maximum Gasteiger partial charge on any atom is 0.0277 e. The Hall–Kier alpha value is -1.44. The minimum Gasteiger partial charge on any atom is -0.296 e. The van der Waals surface area contributed by atoms with Gasteiger partial charge in [-0.2, -0.15) is 0 Å². The molecule has 0 aliphatic heterocycles. The van der Waals surface area contributed by atoms with Gasteiger partial charge in [-0.1, -0.05) is 40.2 Å². The molecule has 1 aromatic heterocycles. The van der Waals surface area contributed by atoms with Gasteiger partial charge in [0.15, 0.2) is 0 Å². The second-order valence-corrected chi connectivity index (χ2v) is 3.65. The first-order valence-corrected chi connectivity index (χ1v) is 7.03. The van der Waals surface area contributed by atoms with Crippen LogP contribution in [0, 0.1) is 6.92 Å². The van der Waals surface area contributed by atoms with E-state index in [9.17, 15) is 0 Å². The topological polar surface area (TPSA) is 25.2 Å². The third kappa shape index (κ3) is 26.3. The van der Waals surface area contributed by atoms with Crippen LogP contribution in [0.3, 0.4) is 0 Å². The van der Waals surface area contributed by atoms with E-state index >= 15 is 0 Å². The van der Waals surface area contributed by atoms with Crippen LogP contribution in [0.25, 0.3) is 0 Å². The lowest BCUT2D eigenvalue weighted by atomic mass is 10.3. The summed E-state index contributed by atoms with van der Waals surface area (Å²) in [6.07, 6.45) is 8.68. The van der Waals surface area contributed by atoms with Crippen LogP contribution in [-0.2, 0) is 0 Å². The predicted octanol–water partition coefficient (Wildman–Crippen LogP) is 5.49. The number of nitrogens with zero attached hydrogens (tertiary/aromatic N) is 2. The van der Waals surface area contributed by atoms with E-state index in [1.54, 1.807) is 19.4 Å². The van der Waals surface area contributed by atoms with Crippen molar-refractivity contribution in [2.45, 2.75) is 54.9 Å². The smallest absolute Gasteiger partial charge is 0.0277 e. The summed E-state index contributed by atoms with van der Waals surface area (Å²) in [4.78, 5) is 7.66. The van der Waals surface area contributed by atoms with Crippen molar-refractivity contribution in [1.29, 1.82) is 0 Å². The van der Waals surface area contributed by atoms with Gasteiger partial charge in [-0.15, -0.1) is 0 Å². The van der Waals surface area contributed by atoms with Crippen molar-refractivity contribution in [3.05, 3.63) is 41.7 Å². The molecule has 19 heavy (non-hydrogen) atoms. The van der Waals surface area contributed by atoms with Gasteiger partial charge in [-0.25, -0.2) is 0 Å². The van der Waals surface area contributed by atoms with Gasteiger partial charge in [0.2, 0.25) is 0 Å². The number of aliphatic imine (C=N–C) groups is 1. The lowest BCUT2D eigenvalue weighted by molar-refractivity contribution is 1.09. The van der Waals surface area contributed by atoms with Gasteiger partial charge in [0.1, 0.15) is 0 Å². The van der Waals surface area contributed by atoms with Gasteiger partial charge in [0.05, 0.1) is 0 Å². The number of hydrogen-bond acceptors (Lipinski definition) is 2. The highest BCUT2D eigenvalue weighted by atomic mass is 14.6. The van der Waals surface area contributed by atoms with E-state index in [1.807, 2.05) is 59.0 Å². The van der Waals surface area contributed by atoms with Crippen molar-refractivity contribution in [3.8, 4) is 0 Å². The van der Waals surface area contributed by atoms with Crippen molar-refractivity contribution in [2.75, 3.05) is 7.05 Å². The first kappa shape index (κ1) is 22.7. The fourth-order valence-corrected chi connectivity index (χ4v) is 0.705. The van der Waals surface area contributed by atoms with Gasteiger partial charge >= 0.3 is 0 Å². The summed E-state index contributed by atoms with van der Waals surface area (Å²) >= 11 is 0. The molecular formula is C17H32N2. The molecule has 0 unspecified atom stereocenters.